The Bertz CT molecular complexity index is 860. The van der Waals surface area contributed by atoms with Crippen molar-refractivity contribution in [3.63, 3.8) is 0 Å². The van der Waals surface area contributed by atoms with Gasteiger partial charge in [0, 0.05) is 23.2 Å². The number of rotatable bonds is 7. The molecule has 0 saturated heterocycles. The van der Waals surface area contributed by atoms with Crippen LogP contribution in [0, 0.1) is 10.1 Å². The first kappa shape index (κ1) is 17.8. The Kier molecular flexibility index (Phi) is 5.14. The van der Waals surface area contributed by atoms with E-state index in [1.165, 1.54) is 6.20 Å². The summed E-state index contributed by atoms with van der Waals surface area (Å²) in [5.74, 6) is -1.76. The molecule has 0 saturated carbocycles. The number of nitro groups is 1. The van der Waals surface area contributed by atoms with Crippen molar-refractivity contribution in [2.75, 3.05) is 4.72 Å². The number of carboxylic acid groups (broad SMARTS) is 1. The third kappa shape index (κ3) is 3.86. The Morgan fingerprint density at radius 2 is 2.04 bits per heavy atom. The summed E-state index contributed by atoms with van der Waals surface area (Å²) in [5.41, 5.74) is -0.224. The molecule has 1 unspecified atom stereocenters. The summed E-state index contributed by atoms with van der Waals surface area (Å²) < 4.78 is 26.7. The Hall–Kier alpha value is -2.53. The van der Waals surface area contributed by atoms with Crippen LogP contribution in [0.2, 0.25) is 0 Å². The molecule has 24 heavy (non-hydrogen) atoms. The molecule has 0 radical (unpaired) electrons. The number of nitrogens with one attached hydrogen (secondary N) is 1. The molecule has 0 aliphatic carbocycles. The fraction of sp³-hybridized carbons (Fsp3) is 0.231. The summed E-state index contributed by atoms with van der Waals surface area (Å²) in [5, 5.41) is 19.7. The zero-order chi connectivity index (χ0) is 17.9. The summed E-state index contributed by atoms with van der Waals surface area (Å²) in [7, 11) is -3.97. The van der Waals surface area contributed by atoms with E-state index in [9.17, 15) is 23.3 Å². The summed E-state index contributed by atoms with van der Waals surface area (Å²) in [6, 6.07) is 4.39. The number of nitro benzene ring substituents is 1. The molecule has 9 nitrogen and oxygen atoms in total. The van der Waals surface area contributed by atoms with Gasteiger partial charge in [-0.3, -0.25) is 19.6 Å². The molecule has 11 heteroatoms. The third-order valence-electron chi connectivity index (χ3n) is 3.15. The number of aromatic nitrogens is 1. The molecule has 0 bridgehead atoms. The van der Waals surface area contributed by atoms with Crippen LogP contribution in [0.25, 0.3) is 0 Å². The van der Waals surface area contributed by atoms with Crippen LogP contribution in [0.5, 0.6) is 0 Å². The highest BCUT2D eigenvalue weighted by Gasteiger charge is 2.22. The smallest absolute Gasteiger partial charge is 0.311 e. The summed E-state index contributed by atoms with van der Waals surface area (Å²) in [4.78, 5) is 25.2. The average Bonchev–Trinajstić information content (AvgIpc) is 2.95. The van der Waals surface area contributed by atoms with Crippen molar-refractivity contribution in [3.05, 3.63) is 45.5 Å². The maximum atomic E-state index is 12.2. The molecule has 1 heterocycles. The maximum absolute atomic E-state index is 12.2. The number of benzene rings is 1. The molecule has 1 aromatic carbocycles. The van der Waals surface area contributed by atoms with Crippen LogP contribution in [0.1, 0.15) is 24.1 Å². The van der Waals surface area contributed by atoms with Crippen LogP contribution >= 0.6 is 11.3 Å². The second-order valence-electron chi connectivity index (χ2n) is 4.72. The lowest BCUT2D eigenvalue weighted by Gasteiger charge is -2.06. The van der Waals surface area contributed by atoms with Crippen molar-refractivity contribution in [3.8, 4) is 0 Å². The highest BCUT2D eigenvalue weighted by atomic mass is 32.2. The third-order valence-corrected chi connectivity index (χ3v) is 5.66. The van der Waals surface area contributed by atoms with Crippen LogP contribution in [0.15, 0.2) is 35.4 Å². The van der Waals surface area contributed by atoms with Gasteiger partial charge >= 0.3 is 5.97 Å². The Labute approximate surface area is 141 Å². The predicted molar refractivity (Wildman–Crippen MR) is 86.7 cm³/mol. The quantitative estimate of drug-likeness (QED) is 0.562. The van der Waals surface area contributed by atoms with E-state index in [2.05, 4.69) is 9.71 Å². The van der Waals surface area contributed by atoms with Crippen molar-refractivity contribution >= 4 is 38.1 Å². The van der Waals surface area contributed by atoms with Gasteiger partial charge in [-0.15, -0.1) is 11.3 Å². The second-order valence-corrected chi connectivity index (χ2v) is 7.47. The predicted octanol–water partition coefficient (Wildman–Crippen LogP) is 2.43. The normalized spacial score (nSPS) is 12.5. The number of sulfonamides is 1. The second kappa shape index (κ2) is 6.93. The number of nitrogens with zero attached hydrogens (tertiary/aromatic N) is 2. The molecule has 128 valence electrons. The molecule has 0 spiro atoms. The van der Waals surface area contributed by atoms with Gasteiger partial charge < -0.3 is 5.11 Å². The Morgan fingerprint density at radius 3 is 2.54 bits per heavy atom. The van der Waals surface area contributed by atoms with Crippen molar-refractivity contribution in [2.24, 2.45) is 0 Å². The number of hydrogen-bond donors (Lipinski definition) is 2. The monoisotopic (exact) mass is 371 g/mol. The van der Waals surface area contributed by atoms with E-state index in [0.717, 1.165) is 35.6 Å². The molecular formula is C13H13N3O6S2. The number of thiazole rings is 1. The zero-order valence-electron chi connectivity index (χ0n) is 12.4. The van der Waals surface area contributed by atoms with E-state index in [1.807, 2.05) is 0 Å². The molecule has 0 fully saturated rings. The summed E-state index contributed by atoms with van der Waals surface area (Å²) in [6.07, 6.45) is 1.67. The van der Waals surface area contributed by atoms with Crippen LogP contribution in [-0.2, 0) is 14.8 Å². The molecule has 0 aliphatic heterocycles. The summed E-state index contributed by atoms with van der Waals surface area (Å²) in [6.45, 7) is 1.71. The highest BCUT2D eigenvalue weighted by molar-refractivity contribution is 7.93. The van der Waals surface area contributed by atoms with E-state index < -0.39 is 26.8 Å². The van der Waals surface area contributed by atoms with E-state index in [-0.39, 0.29) is 15.7 Å². The van der Waals surface area contributed by atoms with Gasteiger partial charge in [0.05, 0.1) is 15.7 Å². The number of hydrogen-bond acceptors (Lipinski definition) is 7. The highest BCUT2D eigenvalue weighted by Crippen LogP contribution is 2.29. The van der Waals surface area contributed by atoms with Crippen molar-refractivity contribution in [2.45, 2.75) is 24.2 Å². The minimum Gasteiger partial charge on any atom is -0.481 e. The van der Waals surface area contributed by atoms with Crippen LogP contribution in [0.3, 0.4) is 0 Å². The molecule has 2 N–H and O–H groups in total. The van der Waals surface area contributed by atoms with Crippen LogP contribution < -0.4 is 4.72 Å². The first-order valence-corrected chi connectivity index (χ1v) is 9.00. The van der Waals surface area contributed by atoms with Gasteiger partial charge in [0.15, 0.2) is 5.13 Å². The molecule has 1 aromatic heterocycles. The minimum absolute atomic E-state index is 0.0306. The molecular weight excluding hydrogens is 358 g/mol. The molecule has 0 amide bonds. The average molecular weight is 371 g/mol. The van der Waals surface area contributed by atoms with Gasteiger partial charge in [-0.25, -0.2) is 13.4 Å². The molecule has 2 aromatic rings. The van der Waals surface area contributed by atoms with Crippen molar-refractivity contribution in [1.82, 2.24) is 4.98 Å². The van der Waals surface area contributed by atoms with Gasteiger partial charge in [-0.05, 0) is 18.6 Å². The maximum Gasteiger partial charge on any atom is 0.311 e. The van der Waals surface area contributed by atoms with Gasteiger partial charge in [-0.1, -0.05) is 6.92 Å². The Morgan fingerprint density at radius 1 is 1.42 bits per heavy atom. The fourth-order valence-corrected chi connectivity index (χ4v) is 4.15. The minimum atomic E-state index is -3.97. The standard InChI is InChI=1S/C13H13N3O6S2/c1-2-10(12(17)18)11-7-14-13(23-11)15-24(21,22)9-5-3-8(4-6-9)16(19)20/h3-7,10H,2H2,1H3,(H,14,15)(H,17,18). The lowest BCUT2D eigenvalue weighted by atomic mass is 10.1. The zero-order valence-corrected chi connectivity index (χ0v) is 14.0. The summed E-state index contributed by atoms with van der Waals surface area (Å²) >= 11 is 0.933. The molecule has 1 atom stereocenters. The van der Waals surface area contributed by atoms with Crippen LogP contribution in [0.4, 0.5) is 10.8 Å². The SMILES string of the molecule is CCC(C(=O)O)c1cnc(NS(=O)(=O)c2ccc([N+](=O)[O-])cc2)s1. The van der Waals surface area contributed by atoms with Gasteiger partial charge in [0.25, 0.3) is 15.7 Å². The molecule has 0 aliphatic rings. The van der Waals surface area contributed by atoms with Crippen molar-refractivity contribution < 1.29 is 23.2 Å². The first-order chi connectivity index (χ1) is 11.2. The first-order valence-electron chi connectivity index (χ1n) is 6.70. The number of anilines is 1. The van der Waals surface area contributed by atoms with E-state index in [4.69, 9.17) is 5.11 Å². The molecule has 2 rings (SSSR count). The number of carboxylic acids is 1. The van der Waals surface area contributed by atoms with E-state index >= 15 is 0 Å². The van der Waals surface area contributed by atoms with E-state index in [0.29, 0.717) is 11.3 Å². The number of aliphatic carboxylic acids is 1. The van der Waals surface area contributed by atoms with E-state index in [1.54, 1.807) is 6.92 Å². The number of non-ortho nitro benzene ring substituents is 1. The van der Waals surface area contributed by atoms with Crippen LogP contribution in [-0.4, -0.2) is 29.4 Å². The topological polar surface area (TPSA) is 140 Å². The Balaban J connectivity index is 2.22. The fourth-order valence-electron chi connectivity index (χ4n) is 1.91. The van der Waals surface area contributed by atoms with Gasteiger partial charge in [-0.2, -0.15) is 0 Å². The largest absolute Gasteiger partial charge is 0.481 e. The van der Waals surface area contributed by atoms with Crippen molar-refractivity contribution in [1.29, 1.82) is 0 Å². The number of carbonyl (C=O) groups is 1. The lowest BCUT2D eigenvalue weighted by molar-refractivity contribution is -0.384. The van der Waals surface area contributed by atoms with Gasteiger partial charge in [0.1, 0.15) is 0 Å². The van der Waals surface area contributed by atoms with Gasteiger partial charge in [0.2, 0.25) is 0 Å². The lowest BCUT2D eigenvalue weighted by Crippen LogP contribution is -2.12.